The molecular formula is C19H27F2N3O2. The Bertz CT molecular complexity index is 627. The van der Waals surface area contributed by atoms with E-state index in [0.29, 0.717) is 31.9 Å². The summed E-state index contributed by atoms with van der Waals surface area (Å²) in [7, 11) is 1.46. The standard InChI is InChI=1S/C19H27F2N3O2/c1-26-17-6-5-16(20)19(21)15(17)13-22-9-11-23(12-10-22)14-18(25)24-7-3-2-4-8-24/h5-6H,2-4,7-14H2,1H3. The minimum atomic E-state index is -0.855. The number of hydrogen-bond donors (Lipinski definition) is 0. The Morgan fingerprint density at radius 1 is 1.00 bits per heavy atom. The van der Waals surface area contributed by atoms with Crippen molar-refractivity contribution in [2.75, 3.05) is 52.9 Å². The van der Waals surface area contributed by atoms with Crippen molar-refractivity contribution in [3.05, 3.63) is 29.3 Å². The first kappa shape index (κ1) is 19.0. The van der Waals surface area contributed by atoms with Gasteiger partial charge in [0, 0.05) is 51.4 Å². The molecule has 0 atom stereocenters. The number of piperazine rings is 1. The van der Waals surface area contributed by atoms with E-state index in [-0.39, 0.29) is 11.5 Å². The Labute approximate surface area is 153 Å². The molecule has 0 aromatic heterocycles. The Kier molecular flexibility index (Phi) is 6.43. The fourth-order valence-corrected chi connectivity index (χ4v) is 3.68. The Balaban J connectivity index is 1.51. The second-order valence-electron chi connectivity index (χ2n) is 7.04. The monoisotopic (exact) mass is 367 g/mol. The SMILES string of the molecule is COc1ccc(F)c(F)c1CN1CCN(CC(=O)N2CCCCC2)CC1. The summed E-state index contributed by atoms with van der Waals surface area (Å²) < 4.78 is 32.8. The third-order valence-electron chi connectivity index (χ3n) is 5.29. The molecule has 0 aliphatic carbocycles. The molecule has 3 rings (SSSR count). The molecule has 0 saturated carbocycles. The first-order chi connectivity index (χ1) is 12.6. The van der Waals surface area contributed by atoms with Crippen LogP contribution in [0.3, 0.4) is 0 Å². The molecule has 7 heteroatoms. The van der Waals surface area contributed by atoms with E-state index in [0.717, 1.165) is 45.1 Å². The van der Waals surface area contributed by atoms with Gasteiger partial charge in [0.05, 0.1) is 13.7 Å². The van der Waals surface area contributed by atoms with Gasteiger partial charge >= 0.3 is 0 Å². The average molecular weight is 367 g/mol. The molecular weight excluding hydrogens is 340 g/mol. The summed E-state index contributed by atoms with van der Waals surface area (Å²) in [5.41, 5.74) is 0.255. The topological polar surface area (TPSA) is 36.0 Å². The van der Waals surface area contributed by atoms with Crippen molar-refractivity contribution >= 4 is 5.91 Å². The van der Waals surface area contributed by atoms with Crippen LogP contribution >= 0.6 is 0 Å². The zero-order valence-electron chi connectivity index (χ0n) is 15.3. The molecule has 0 bridgehead atoms. The minimum Gasteiger partial charge on any atom is -0.496 e. The maximum absolute atomic E-state index is 14.1. The van der Waals surface area contributed by atoms with Crippen molar-refractivity contribution in [2.24, 2.45) is 0 Å². The molecule has 2 aliphatic heterocycles. The summed E-state index contributed by atoms with van der Waals surface area (Å²) in [5, 5.41) is 0. The molecule has 26 heavy (non-hydrogen) atoms. The second-order valence-corrected chi connectivity index (χ2v) is 7.04. The number of benzene rings is 1. The predicted molar refractivity (Wildman–Crippen MR) is 95.1 cm³/mol. The van der Waals surface area contributed by atoms with Crippen LogP contribution in [-0.2, 0) is 11.3 Å². The molecule has 0 unspecified atom stereocenters. The molecule has 0 N–H and O–H groups in total. The van der Waals surface area contributed by atoms with Gasteiger partial charge in [-0.2, -0.15) is 0 Å². The van der Waals surface area contributed by atoms with E-state index in [1.165, 1.54) is 19.6 Å². The van der Waals surface area contributed by atoms with Gasteiger partial charge in [-0.15, -0.1) is 0 Å². The summed E-state index contributed by atoms with van der Waals surface area (Å²) in [6, 6.07) is 2.54. The number of carbonyl (C=O) groups excluding carboxylic acids is 1. The zero-order valence-corrected chi connectivity index (χ0v) is 15.3. The van der Waals surface area contributed by atoms with E-state index >= 15 is 0 Å². The fraction of sp³-hybridized carbons (Fsp3) is 0.632. The van der Waals surface area contributed by atoms with E-state index in [9.17, 15) is 13.6 Å². The quantitative estimate of drug-likeness (QED) is 0.799. The number of piperidine rings is 1. The molecule has 2 saturated heterocycles. The lowest BCUT2D eigenvalue weighted by molar-refractivity contribution is -0.133. The van der Waals surface area contributed by atoms with Crippen LogP contribution in [0.25, 0.3) is 0 Å². The molecule has 0 spiro atoms. The maximum atomic E-state index is 14.1. The first-order valence-electron chi connectivity index (χ1n) is 9.32. The maximum Gasteiger partial charge on any atom is 0.236 e. The van der Waals surface area contributed by atoms with E-state index in [1.807, 2.05) is 4.90 Å². The van der Waals surface area contributed by atoms with Crippen LogP contribution in [0.1, 0.15) is 24.8 Å². The Morgan fingerprint density at radius 3 is 2.31 bits per heavy atom. The van der Waals surface area contributed by atoms with Crippen LogP contribution in [-0.4, -0.2) is 73.5 Å². The molecule has 5 nitrogen and oxygen atoms in total. The van der Waals surface area contributed by atoms with Crippen LogP contribution in [0.15, 0.2) is 12.1 Å². The molecule has 0 radical (unpaired) electrons. The van der Waals surface area contributed by atoms with Crippen molar-refractivity contribution in [2.45, 2.75) is 25.8 Å². The first-order valence-corrected chi connectivity index (χ1v) is 9.32. The summed E-state index contributed by atoms with van der Waals surface area (Å²) in [6.07, 6.45) is 3.41. The molecule has 2 fully saturated rings. The Morgan fingerprint density at radius 2 is 1.65 bits per heavy atom. The van der Waals surface area contributed by atoms with Gasteiger partial charge in [-0.1, -0.05) is 0 Å². The highest BCUT2D eigenvalue weighted by Crippen LogP contribution is 2.25. The number of ether oxygens (including phenoxy) is 1. The molecule has 144 valence electrons. The number of likely N-dealkylation sites (tertiary alicyclic amines) is 1. The lowest BCUT2D eigenvalue weighted by Gasteiger charge is -2.36. The second kappa shape index (κ2) is 8.77. The van der Waals surface area contributed by atoms with E-state index in [1.54, 1.807) is 0 Å². The van der Waals surface area contributed by atoms with Crippen molar-refractivity contribution in [1.82, 2.24) is 14.7 Å². The summed E-state index contributed by atoms with van der Waals surface area (Å²) in [4.78, 5) is 18.5. The highest BCUT2D eigenvalue weighted by molar-refractivity contribution is 5.78. The predicted octanol–water partition coefficient (Wildman–Crippen LogP) is 2.10. The van der Waals surface area contributed by atoms with Crippen LogP contribution in [0.4, 0.5) is 8.78 Å². The number of methoxy groups -OCH3 is 1. The third-order valence-corrected chi connectivity index (χ3v) is 5.29. The normalized spacial score (nSPS) is 19.6. The number of rotatable bonds is 5. The molecule has 1 amide bonds. The Hall–Kier alpha value is -1.73. The summed E-state index contributed by atoms with van der Waals surface area (Å²) >= 11 is 0. The number of hydrogen-bond acceptors (Lipinski definition) is 4. The van der Waals surface area contributed by atoms with Gasteiger partial charge in [0.25, 0.3) is 0 Å². The highest BCUT2D eigenvalue weighted by atomic mass is 19.2. The van der Waals surface area contributed by atoms with Gasteiger partial charge in [-0.25, -0.2) is 8.78 Å². The molecule has 1 aromatic rings. The molecule has 1 aromatic carbocycles. The van der Waals surface area contributed by atoms with Gasteiger partial charge in [0.2, 0.25) is 5.91 Å². The minimum absolute atomic E-state index is 0.205. The van der Waals surface area contributed by atoms with Crippen LogP contribution in [0.5, 0.6) is 5.75 Å². The van der Waals surface area contributed by atoms with E-state index < -0.39 is 11.6 Å². The van der Waals surface area contributed by atoms with Crippen molar-refractivity contribution < 1.29 is 18.3 Å². The lowest BCUT2D eigenvalue weighted by atomic mass is 10.1. The van der Waals surface area contributed by atoms with Crippen molar-refractivity contribution in [3.8, 4) is 5.75 Å². The summed E-state index contributed by atoms with van der Waals surface area (Å²) in [6.45, 7) is 5.43. The average Bonchev–Trinajstić information content (AvgIpc) is 2.68. The van der Waals surface area contributed by atoms with Crippen molar-refractivity contribution in [1.29, 1.82) is 0 Å². The third kappa shape index (κ3) is 4.51. The summed E-state index contributed by atoms with van der Waals surface area (Å²) in [5.74, 6) is -1.12. The van der Waals surface area contributed by atoms with E-state index in [2.05, 4.69) is 9.80 Å². The van der Waals surface area contributed by atoms with Gasteiger partial charge in [-0.05, 0) is 31.4 Å². The van der Waals surface area contributed by atoms with Crippen LogP contribution < -0.4 is 4.74 Å². The van der Waals surface area contributed by atoms with Crippen LogP contribution in [0.2, 0.25) is 0 Å². The number of halogens is 2. The zero-order chi connectivity index (χ0) is 18.5. The van der Waals surface area contributed by atoms with Gasteiger partial charge in [0.15, 0.2) is 11.6 Å². The fourth-order valence-electron chi connectivity index (χ4n) is 3.68. The molecule has 2 aliphatic rings. The van der Waals surface area contributed by atoms with Gasteiger partial charge < -0.3 is 9.64 Å². The number of amides is 1. The lowest BCUT2D eigenvalue weighted by Crippen LogP contribution is -2.50. The van der Waals surface area contributed by atoms with Gasteiger partial charge in [0.1, 0.15) is 5.75 Å². The smallest absolute Gasteiger partial charge is 0.236 e. The number of nitrogens with zero attached hydrogens (tertiary/aromatic N) is 3. The number of carbonyl (C=O) groups is 1. The van der Waals surface area contributed by atoms with Crippen LogP contribution in [0, 0.1) is 11.6 Å². The van der Waals surface area contributed by atoms with Gasteiger partial charge in [-0.3, -0.25) is 14.6 Å². The van der Waals surface area contributed by atoms with E-state index in [4.69, 9.17) is 4.74 Å². The van der Waals surface area contributed by atoms with Crippen molar-refractivity contribution in [3.63, 3.8) is 0 Å². The molecule has 2 heterocycles. The highest BCUT2D eigenvalue weighted by Gasteiger charge is 2.24. The largest absolute Gasteiger partial charge is 0.496 e.